The Morgan fingerprint density at radius 3 is 2.41 bits per heavy atom. The van der Waals surface area contributed by atoms with Crippen molar-refractivity contribution in [1.29, 1.82) is 0 Å². The molecule has 5 heteroatoms. The van der Waals surface area contributed by atoms with Crippen molar-refractivity contribution in [2.75, 3.05) is 18.9 Å². The first kappa shape index (κ1) is 15.1. The summed E-state index contributed by atoms with van der Waals surface area (Å²) in [7, 11) is -3.29. The van der Waals surface area contributed by atoms with Crippen molar-refractivity contribution in [2.24, 2.45) is 0 Å². The smallest absolute Gasteiger partial charge is 0.217 e. The normalized spacial score (nSPS) is 15.3. The largest absolute Gasteiger partial charge is 0.492 e. The molecule has 0 amide bonds. The molecule has 0 saturated carbocycles. The Balaban J connectivity index is 1.59. The molecule has 0 bridgehead atoms. The van der Waals surface area contributed by atoms with Crippen LogP contribution in [-0.2, 0) is 23.0 Å². The SMILES string of the molecule is O=S(=O)(CCOc1ccccc1)N1CCc2ccccc2C1. The molecular formula is C17H19NO3S. The van der Waals surface area contributed by atoms with Gasteiger partial charge in [-0.15, -0.1) is 0 Å². The summed E-state index contributed by atoms with van der Waals surface area (Å²) in [5, 5.41) is 0. The molecule has 116 valence electrons. The number of rotatable bonds is 5. The lowest BCUT2D eigenvalue weighted by Crippen LogP contribution is -2.38. The minimum atomic E-state index is -3.29. The summed E-state index contributed by atoms with van der Waals surface area (Å²) in [6, 6.07) is 17.3. The van der Waals surface area contributed by atoms with Crippen LogP contribution >= 0.6 is 0 Å². The number of sulfonamides is 1. The zero-order chi connectivity index (χ0) is 15.4. The third kappa shape index (κ3) is 3.48. The van der Waals surface area contributed by atoms with Crippen LogP contribution in [0.2, 0.25) is 0 Å². The number of nitrogens with zero attached hydrogens (tertiary/aromatic N) is 1. The highest BCUT2D eigenvalue weighted by Gasteiger charge is 2.26. The molecule has 0 spiro atoms. The molecular weight excluding hydrogens is 298 g/mol. The Morgan fingerprint density at radius 1 is 0.955 bits per heavy atom. The Hall–Kier alpha value is -1.85. The topological polar surface area (TPSA) is 46.6 Å². The summed E-state index contributed by atoms with van der Waals surface area (Å²) in [6.45, 7) is 1.18. The van der Waals surface area contributed by atoms with E-state index in [2.05, 4.69) is 6.07 Å². The van der Waals surface area contributed by atoms with E-state index < -0.39 is 10.0 Å². The van der Waals surface area contributed by atoms with Crippen LogP contribution in [0, 0.1) is 0 Å². The van der Waals surface area contributed by atoms with Gasteiger partial charge in [-0.3, -0.25) is 0 Å². The second-order valence-electron chi connectivity index (χ2n) is 5.33. The fourth-order valence-corrected chi connectivity index (χ4v) is 3.88. The second kappa shape index (κ2) is 6.50. The summed E-state index contributed by atoms with van der Waals surface area (Å²) >= 11 is 0. The van der Waals surface area contributed by atoms with Crippen LogP contribution < -0.4 is 4.74 Å². The summed E-state index contributed by atoms with van der Waals surface area (Å²) in [4.78, 5) is 0. The van der Waals surface area contributed by atoms with E-state index in [-0.39, 0.29) is 12.4 Å². The summed E-state index contributed by atoms with van der Waals surface area (Å²) in [5.74, 6) is 0.700. The van der Waals surface area contributed by atoms with Crippen molar-refractivity contribution >= 4 is 10.0 Å². The van der Waals surface area contributed by atoms with Crippen LogP contribution in [0.15, 0.2) is 54.6 Å². The van der Waals surface area contributed by atoms with Gasteiger partial charge in [-0.05, 0) is 29.7 Å². The fourth-order valence-electron chi connectivity index (χ4n) is 2.62. The number of hydrogen-bond donors (Lipinski definition) is 0. The van der Waals surface area contributed by atoms with Gasteiger partial charge >= 0.3 is 0 Å². The summed E-state index contributed by atoms with van der Waals surface area (Å²) in [5.41, 5.74) is 2.34. The lowest BCUT2D eigenvalue weighted by Gasteiger charge is -2.28. The van der Waals surface area contributed by atoms with Crippen LogP contribution in [0.25, 0.3) is 0 Å². The van der Waals surface area contributed by atoms with Gasteiger partial charge in [-0.1, -0.05) is 42.5 Å². The average molecular weight is 317 g/mol. The Kier molecular flexibility index (Phi) is 4.45. The Labute approximate surface area is 131 Å². The predicted molar refractivity (Wildman–Crippen MR) is 86.3 cm³/mol. The first-order valence-corrected chi connectivity index (χ1v) is 8.98. The molecule has 0 fully saturated rings. The van der Waals surface area contributed by atoms with E-state index in [1.807, 2.05) is 48.5 Å². The van der Waals surface area contributed by atoms with Crippen LogP contribution in [0.3, 0.4) is 0 Å². The van der Waals surface area contributed by atoms with Crippen molar-refractivity contribution in [1.82, 2.24) is 4.31 Å². The van der Waals surface area contributed by atoms with Crippen LogP contribution in [0.1, 0.15) is 11.1 Å². The first-order chi connectivity index (χ1) is 10.6. The number of para-hydroxylation sites is 1. The maximum absolute atomic E-state index is 12.4. The standard InChI is InChI=1S/C17H19NO3S/c19-22(20,13-12-21-17-8-2-1-3-9-17)18-11-10-15-6-4-5-7-16(15)14-18/h1-9H,10-14H2. The van der Waals surface area contributed by atoms with Crippen molar-refractivity contribution in [3.63, 3.8) is 0 Å². The van der Waals surface area contributed by atoms with E-state index in [0.29, 0.717) is 18.8 Å². The van der Waals surface area contributed by atoms with E-state index in [0.717, 1.165) is 12.0 Å². The van der Waals surface area contributed by atoms with Crippen molar-refractivity contribution in [2.45, 2.75) is 13.0 Å². The quantitative estimate of drug-likeness (QED) is 0.851. The van der Waals surface area contributed by atoms with E-state index >= 15 is 0 Å². The van der Waals surface area contributed by atoms with Crippen molar-refractivity contribution in [3.05, 3.63) is 65.7 Å². The van der Waals surface area contributed by atoms with E-state index in [1.165, 1.54) is 5.56 Å². The maximum atomic E-state index is 12.4. The molecule has 1 aliphatic heterocycles. The molecule has 4 nitrogen and oxygen atoms in total. The van der Waals surface area contributed by atoms with Gasteiger partial charge in [0, 0.05) is 13.1 Å². The molecule has 0 unspecified atom stereocenters. The fraction of sp³-hybridized carbons (Fsp3) is 0.294. The van der Waals surface area contributed by atoms with Crippen LogP contribution in [-0.4, -0.2) is 31.6 Å². The maximum Gasteiger partial charge on any atom is 0.217 e. The minimum absolute atomic E-state index is 0.00403. The number of benzene rings is 2. The molecule has 1 aliphatic rings. The molecule has 2 aromatic rings. The van der Waals surface area contributed by atoms with Gasteiger partial charge in [0.05, 0.1) is 5.75 Å². The zero-order valence-corrected chi connectivity index (χ0v) is 13.1. The van der Waals surface area contributed by atoms with Gasteiger partial charge in [0.2, 0.25) is 10.0 Å². The Bertz CT molecular complexity index is 729. The van der Waals surface area contributed by atoms with Gasteiger partial charge < -0.3 is 4.74 Å². The molecule has 0 aliphatic carbocycles. The molecule has 1 heterocycles. The first-order valence-electron chi connectivity index (χ1n) is 7.37. The molecule has 0 aromatic heterocycles. The highest BCUT2D eigenvalue weighted by Crippen LogP contribution is 2.21. The molecule has 22 heavy (non-hydrogen) atoms. The number of hydrogen-bond acceptors (Lipinski definition) is 3. The molecule has 0 N–H and O–H groups in total. The molecule has 0 radical (unpaired) electrons. The minimum Gasteiger partial charge on any atom is -0.492 e. The predicted octanol–water partition coefficient (Wildman–Crippen LogP) is 2.45. The van der Waals surface area contributed by atoms with Gasteiger partial charge in [0.15, 0.2) is 0 Å². The number of ether oxygens (including phenoxy) is 1. The van der Waals surface area contributed by atoms with E-state index in [1.54, 1.807) is 4.31 Å². The third-order valence-corrected chi connectivity index (χ3v) is 5.62. The van der Waals surface area contributed by atoms with Gasteiger partial charge in [0.25, 0.3) is 0 Å². The molecule has 2 aromatic carbocycles. The highest BCUT2D eigenvalue weighted by atomic mass is 32.2. The van der Waals surface area contributed by atoms with E-state index in [4.69, 9.17) is 4.74 Å². The van der Waals surface area contributed by atoms with Crippen LogP contribution in [0.4, 0.5) is 0 Å². The van der Waals surface area contributed by atoms with Crippen molar-refractivity contribution in [3.8, 4) is 5.75 Å². The third-order valence-electron chi connectivity index (χ3n) is 3.84. The van der Waals surface area contributed by atoms with Crippen molar-refractivity contribution < 1.29 is 13.2 Å². The molecule has 3 rings (SSSR count). The number of fused-ring (bicyclic) bond motifs is 1. The highest BCUT2D eigenvalue weighted by molar-refractivity contribution is 7.89. The molecule has 0 saturated heterocycles. The van der Waals surface area contributed by atoms with E-state index in [9.17, 15) is 8.42 Å². The zero-order valence-electron chi connectivity index (χ0n) is 12.3. The summed E-state index contributed by atoms with van der Waals surface area (Å²) < 4.78 is 31.9. The average Bonchev–Trinajstić information content (AvgIpc) is 2.55. The lowest BCUT2D eigenvalue weighted by atomic mass is 10.0. The van der Waals surface area contributed by atoms with Gasteiger partial charge in [-0.2, -0.15) is 4.31 Å². The van der Waals surface area contributed by atoms with Gasteiger partial charge in [0.1, 0.15) is 12.4 Å². The summed E-state index contributed by atoms with van der Waals surface area (Å²) in [6.07, 6.45) is 0.773. The molecule has 0 atom stereocenters. The van der Waals surface area contributed by atoms with Gasteiger partial charge in [-0.25, -0.2) is 8.42 Å². The van der Waals surface area contributed by atoms with Crippen LogP contribution in [0.5, 0.6) is 5.75 Å². The monoisotopic (exact) mass is 317 g/mol. The lowest BCUT2D eigenvalue weighted by molar-refractivity contribution is 0.331. The second-order valence-corrected chi connectivity index (χ2v) is 7.42. The Morgan fingerprint density at radius 2 is 1.64 bits per heavy atom.